The second-order valence-corrected chi connectivity index (χ2v) is 7.18. The van der Waals surface area contributed by atoms with Crippen LogP contribution in [0.1, 0.15) is 17.4 Å². The number of fused-ring (bicyclic) bond motifs is 1. The van der Waals surface area contributed by atoms with Gasteiger partial charge in [-0.05, 0) is 23.1 Å². The standard InChI is InChI=1S/C17H17ClN4OS.ClH/c18-12-4-2-1-3-11(12)14-9-19-6-7-22(14)10-15-20-13-5-8-24-16(13)17(23)21-15;/h1-5,8,14,19H,6-7,9-10H2,(H,20,21,23);1H. The van der Waals surface area contributed by atoms with Crippen molar-refractivity contribution in [3.63, 3.8) is 0 Å². The van der Waals surface area contributed by atoms with Crippen LogP contribution in [0.3, 0.4) is 0 Å². The molecule has 1 aromatic carbocycles. The molecule has 132 valence electrons. The smallest absolute Gasteiger partial charge is 0.268 e. The maximum Gasteiger partial charge on any atom is 0.268 e. The van der Waals surface area contributed by atoms with Gasteiger partial charge in [0.05, 0.1) is 12.1 Å². The summed E-state index contributed by atoms with van der Waals surface area (Å²) in [6.45, 7) is 3.21. The summed E-state index contributed by atoms with van der Waals surface area (Å²) in [4.78, 5) is 22.0. The Balaban J connectivity index is 0.00000182. The Morgan fingerprint density at radius 1 is 1.32 bits per heavy atom. The van der Waals surface area contributed by atoms with Crippen LogP contribution in [0.4, 0.5) is 0 Å². The first-order valence-electron chi connectivity index (χ1n) is 7.88. The summed E-state index contributed by atoms with van der Waals surface area (Å²) in [6, 6.07) is 9.98. The number of piperazine rings is 1. The van der Waals surface area contributed by atoms with Gasteiger partial charge < -0.3 is 10.3 Å². The molecule has 0 bridgehead atoms. The first kappa shape index (κ1) is 18.4. The van der Waals surface area contributed by atoms with Crippen molar-refractivity contribution in [1.82, 2.24) is 20.2 Å². The second-order valence-electron chi connectivity index (χ2n) is 5.86. The largest absolute Gasteiger partial charge is 0.314 e. The van der Waals surface area contributed by atoms with Crippen LogP contribution in [0.15, 0.2) is 40.5 Å². The summed E-state index contributed by atoms with van der Waals surface area (Å²) in [5.41, 5.74) is 1.81. The fourth-order valence-electron chi connectivity index (χ4n) is 3.18. The molecule has 8 heteroatoms. The van der Waals surface area contributed by atoms with Crippen LogP contribution < -0.4 is 10.9 Å². The number of nitrogens with one attached hydrogen (secondary N) is 2. The first-order chi connectivity index (χ1) is 11.7. The molecule has 3 heterocycles. The normalized spacial score (nSPS) is 18.2. The molecule has 1 saturated heterocycles. The van der Waals surface area contributed by atoms with E-state index in [4.69, 9.17) is 11.6 Å². The molecule has 2 aromatic heterocycles. The Morgan fingerprint density at radius 3 is 3.00 bits per heavy atom. The van der Waals surface area contributed by atoms with Gasteiger partial charge in [0.1, 0.15) is 10.5 Å². The van der Waals surface area contributed by atoms with Crippen molar-refractivity contribution in [2.24, 2.45) is 0 Å². The molecule has 4 rings (SSSR count). The van der Waals surface area contributed by atoms with Crippen LogP contribution in [0.25, 0.3) is 10.2 Å². The minimum atomic E-state index is -0.0607. The lowest BCUT2D eigenvalue weighted by atomic mass is 10.0. The number of hydrogen-bond donors (Lipinski definition) is 2. The topological polar surface area (TPSA) is 61.0 Å². The van der Waals surface area contributed by atoms with Crippen molar-refractivity contribution in [1.29, 1.82) is 0 Å². The molecule has 0 saturated carbocycles. The van der Waals surface area contributed by atoms with Gasteiger partial charge in [-0.3, -0.25) is 9.69 Å². The molecule has 5 nitrogen and oxygen atoms in total. The zero-order chi connectivity index (χ0) is 16.5. The summed E-state index contributed by atoms with van der Waals surface area (Å²) in [6.07, 6.45) is 0. The van der Waals surface area contributed by atoms with Gasteiger partial charge in [-0.2, -0.15) is 0 Å². The van der Waals surface area contributed by atoms with Crippen molar-refractivity contribution in [3.8, 4) is 0 Å². The quantitative estimate of drug-likeness (QED) is 0.713. The number of aromatic nitrogens is 2. The molecule has 2 N–H and O–H groups in total. The third-order valence-electron chi connectivity index (χ3n) is 4.34. The number of H-pyrrole nitrogens is 1. The third kappa shape index (κ3) is 3.73. The van der Waals surface area contributed by atoms with Crippen LogP contribution in [0.5, 0.6) is 0 Å². The number of aromatic amines is 1. The minimum absolute atomic E-state index is 0. The third-order valence-corrected chi connectivity index (χ3v) is 5.58. The van der Waals surface area contributed by atoms with Crippen molar-refractivity contribution < 1.29 is 0 Å². The average Bonchev–Trinajstić information content (AvgIpc) is 3.05. The number of halogens is 2. The van der Waals surface area contributed by atoms with Crippen LogP contribution in [0, 0.1) is 0 Å². The minimum Gasteiger partial charge on any atom is -0.314 e. The van der Waals surface area contributed by atoms with Gasteiger partial charge in [0, 0.05) is 30.7 Å². The fraction of sp³-hybridized carbons (Fsp3) is 0.294. The van der Waals surface area contributed by atoms with E-state index in [1.165, 1.54) is 11.3 Å². The van der Waals surface area contributed by atoms with E-state index in [-0.39, 0.29) is 24.0 Å². The van der Waals surface area contributed by atoms with E-state index in [9.17, 15) is 4.79 Å². The van der Waals surface area contributed by atoms with E-state index in [1.54, 1.807) is 0 Å². The van der Waals surface area contributed by atoms with E-state index in [2.05, 4.69) is 26.3 Å². The van der Waals surface area contributed by atoms with Gasteiger partial charge in [-0.1, -0.05) is 29.8 Å². The number of thiophene rings is 1. The zero-order valence-corrected chi connectivity index (χ0v) is 15.8. The van der Waals surface area contributed by atoms with Gasteiger partial charge in [-0.15, -0.1) is 23.7 Å². The number of hydrogen-bond acceptors (Lipinski definition) is 5. The Hall–Kier alpha value is -1.44. The van der Waals surface area contributed by atoms with E-state index in [0.717, 1.165) is 35.7 Å². The number of nitrogens with zero attached hydrogens (tertiary/aromatic N) is 2. The molecule has 0 radical (unpaired) electrons. The SMILES string of the molecule is Cl.O=c1[nH]c(CN2CCNCC2c2ccccc2Cl)nc2ccsc12. The van der Waals surface area contributed by atoms with Gasteiger partial charge in [0.15, 0.2) is 0 Å². The van der Waals surface area contributed by atoms with Crippen LogP contribution in [-0.2, 0) is 6.54 Å². The predicted molar refractivity (Wildman–Crippen MR) is 105 cm³/mol. The highest BCUT2D eigenvalue weighted by atomic mass is 35.5. The highest BCUT2D eigenvalue weighted by Gasteiger charge is 2.26. The number of rotatable bonds is 3. The molecule has 1 aliphatic heterocycles. The highest BCUT2D eigenvalue weighted by molar-refractivity contribution is 7.17. The maximum atomic E-state index is 12.2. The molecule has 0 aliphatic carbocycles. The highest BCUT2D eigenvalue weighted by Crippen LogP contribution is 2.29. The Labute approximate surface area is 160 Å². The molecule has 1 aliphatic rings. The molecule has 0 spiro atoms. The second kappa shape index (κ2) is 7.85. The number of benzene rings is 1. The van der Waals surface area contributed by atoms with Crippen molar-refractivity contribution in [3.05, 3.63) is 62.5 Å². The molecule has 1 fully saturated rings. The van der Waals surface area contributed by atoms with Crippen molar-refractivity contribution in [2.45, 2.75) is 12.6 Å². The lowest BCUT2D eigenvalue weighted by molar-refractivity contribution is 0.150. The predicted octanol–water partition coefficient (Wildman–Crippen LogP) is 3.21. The summed E-state index contributed by atoms with van der Waals surface area (Å²) in [5, 5.41) is 6.09. The van der Waals surface area contributed by atoms with E-state index >= 15 is 0 Å². The molecule has 3 aromatic rings. The van der Waals surface area contributed by atoms with Gasteiger partial charge in [0.2, 0.25) is 0 Å². The Bertz CT molecular complexity index is 926. The molecular weight excluding hydrogens is 379 g/mol. The molecule has 1 unspecified atom stereocenters. The molecule has 25 heavy (non-hydrogen) atoms. The monoisotopic (exact) mass is 396 g/mol. The van der Waals surface area contributed by atoms with Gasteiger partial charge >= 0.3 is 0 Å². The summed E-state index contributed by atoms with van der Waals surface area (Å²) in [7, 11) is 0. The summed E-state index contributed by atoms with van der Waals surface area (Å²) >= 11 is 7.81. The van der Waals surface area contributed by atoms with Crippen molar-refractivity contribution >= 4 is 45.6 Å². The zero-order valence-electron chi connectivity index (χ0n) is 13.4. The Morgan fingerprint density at radius 2 is 2.16 bits per heavy atom. The average molecular weight is 397 g/mol. The lowest BCUT2D eigenvalue weighted by Gasteiger charge is -2.36. The van der Waals surface area contributed by atoms with Crippen LogP contribution in [-0.4, -0.2) is 34.5 Å². The van der Waals surface area contributed by atoms with Crippen LogP contribution >= 0.6 is 35.3 Å². The van der Waals surface area contributed by atoms with Gasteiger partial charge in [0.25, 0.3) is 5.56 Å². The lowest BCUT2D eigenvalue weighted by Crippen LogP contribution is -2.46. The van der Waals surface area contributed by atoms with E-state index in [1.807, 2.05) is 29.6 Å². The van der Waals surface area contributed by atoms with E-state index in [0.29, 0.717) is 17.1 Å². The summed E-state index contributed by atoms with van der Waals surface area (Å²) < 4.78 is 0.682. The van der Waals surface area contributed by atoms with E-state index < -0.39 is 0 Å². The van der Waals surface area contributed by atoms with Crippen LogP contribution in [0.2, 0.25) is 5.02 Å². The van der Waals surface area contributed by atoms with Gasteiger partial charge in [-0.25, -0.2) is 4.98 Å². The Kier molecular flexibility index (Phi) is 5.76. The van der Waals surface area contributed by atoms with Crippen molar-refractivity contribution in [2.75, 3.05) is 19.6 Å². The molecular formula is C17H18Cl2N4OS. The molecule has 0 amide bonds. The first-order valence-corrected chi connectivity index (χ1v) is 9.14. The molecule has 1 atom stereocenters. The fourth-order valence-corrected chi connectivity index (χ4v) is 4.16. The maximum absolute atomic E-state index is 12.2. The summed E-state index contributed by atoms with van der Waals surface area (Å²) in [5.74, 6) is 0.699.